The quantitative estimate of drug-likeness (QED) is 0.799. The minimum atomic E-state index is -0.268. The van der Waals surface area contributed by atoms with Crippen LogP contribution in [0.5, 0.6) is 11.5 Å². The van der Waals surface area contributed by atoms with Gasteiger partial charge < -0.3 is 15.4 Å². The summed E-state index contributed by atoms with van der Waals surface area (Å²) in [6.45, 7) is 6.78. The van der Waals surface area contributed by atoms with E-state index in [4.69, 9.17) is 4.74 Å². The fourth-order valence-corrected chi connectivity index (χ4v) is 1.74. The molecule has 2 aromatic rings. The molecule has 0 aliphatic heterocycles. The van der Waals surface area contributed by atoms with Gasteiger partial charge in [0, 0.05) is 11.4 Å². The van der Waals surface area contributed by atoms with Crippen LogP contribution in [-0.4, -0.2) is 11.8 Å². The normalized spacial score (nSPS) is 9.57. The number of ether oxygens (including phenoxy) is 1. The Hall–Kier alpha value is -3.34. The zero-order chi connectivity index (χ0) is 16.7. The Labute approximate surface area is 134 Å². The van der Waals surface area contributed by atoms with Crippen molar-refractivity contribution in [2.24, 2.45) is 0 Å². The molecule has 0 saturated heterocycles. The van der Waals surface area contributed by atoms with Crippen LogP contribution < -0.4 is 15.4 Å². The Bertz CT molecular complexity index is 655. The van der Waals surface area contributed by atoms with E-state index in [2.05, 4.69) is 23.8 Å². The topological polar surface area (TPSA) is 67.4 Å². The van der Waals surface area contributed by atoms with Crippen molar-refractivity contribution >= 4 is 23.2 Å². The fraction of sp³-hybridized carbons (Fsp3) is 0. The highest BCUT2D eigenvalue weighted by Gasteiger charge is 2.01. The van der Waals surface area contributed by atoms with Gasteiger partial charge in [0.25, 0.3) is 0 Å². The maximum atomic E-state index is 11.2. The van der Waals surface area contributed by atoms with Crippen LogP contribution in [0.2, 0.25) is 0 Å². The molecule has 0 aliphatic carbocycles. The number of nitrogens with one attached hydrogen (secondary N) is 2. The smallest absolute Gasteiger partial charge is 0.247 e. The van der Waals surface area contributed by atoms with Gasteiger partial charge in [-0.1, -0.05) is 13.2 Å². The third-order valence-electron chi connectivity index (χ3n) is 2.85. The average molecular weight is 308 g/mol. The van der Waals surface area contributed by atoms with E-state index in [1.807, 2.05) is 0 Å². The summed E-state index contributed by atoms with van der Waals surface area (Å²) in [5, 5.41) is 5.31. The lowest BCUT2D eigenvalue weighted by atomic mass is 10.2. The largest absolute Gasteiger partial charge is 0.457 e. The van der Waals surface area contributed by atoms with Gasteiger partial charge in [0.1, 0.15) is 11.5 Å². The molecule has 0 fully saturated rings. The average Bonchev–Trinajstić information content (AvgIpc) is 2.58. The van der Waals surface area contributed by atoms with Crippen LogP contribution in [0.15, 0.2) is 73.8 Å². The molecule has 0 aliphatic rings. The van der Waals surface area contributed by atoms with Crippen LogP contribution in [0.3, 0.4) is 0 Å². The van der Waals surface area contributed by atoms with E-state index < -0.39 is 0 Å². The minimum absolute atomic E-state index is 0.268. The van der Waals surface area contributed by atoms with Gasteiger partial charge in [-0.05, 0) is 60.7 Å². The number of hydrogen-bond donors (Lipinski definition) is 2. The van der Waals surface area contributed by atoms with E-state index >= 15 is 0 Å². The van der Waals surface area contributed by atoms with Gasteiger partial charge in [-0.2, -0.15) is 0 Å². The Morgan fingerprint density at radius 1 is 0.739 bits per heavy atom. The minimum Gasteiger partial charge on any atom is -0.457 e. The van der Waals surface area contributed by atoms with Crippen molar-refractivity contribution in [3.63, 3.8) is 0 Å². The van der Waals surface area contributed by atoms with Crippen LogP contribution in [-0.2, 0) is 9.59 Å². The van der Waals surface area contributed by atoms with Crippen molar-refractivity contribution in [2.45, 2.75) is 0 Å². The lowest BCUT2D eigenvalue weighted by Gasteiger charge is -2.08. The van der Waals surface area contributed by atoms with Gasteiger partial charge in [0.2, 0.25) is 11.8 Å². The third-order valence-corrected chi connectivity index (χ3v) is 2.85. The van der Waals surface area contributed by atoms with E-state index in [1.54, 1.807) is 48.5 Å². The second-order valence-corrected chi connectivity index (χ2v) is 4.54. The monoisotopic (exact) mass is 308 g/mol. The van der Waals surface area contributed by atoms with Crippen molar-refractivity contribution in [2.75, 3.05) is 10.6 Å². The van der Waals surface area contributed by atoms with Crippen LogP contribution >= 0.6 is 0 Å². The van der Waals surface area contributed by atoms with E-state index in [0.29, 0.717) is 22.9 Å². The first-order valence-electron chi connectivity index (χ1n) is 6.85. The zero-order valence-electron chi connectivity index (χ0n) is 12.4. The molecule has 2 N–H and O–H groups in total. The third kappa shape index (κ3) is 4.86. The molecule has 5 heteroatoms. The molecule has 0 saturated carbocycles. The molecule has 0 spiro atoms. The summed E-state index contributed by atoms with van der Waals surface area (Å²) in [6, 6.07) is 13.9. The number of carbonyl (C=O) groups excluding carboxylic acids is 2. The number of carbonyl (C=O) groups is 2. The summed E-state index contributed by atoms with van der Waals surface area (Å²) >= 11 is 0. The molecule has 0 radical (unpaired) electrons. The number of rotatable bonds is 6. The van der Waals surface area contributed by atoms with Crippen molar-refractivity contribution in [1.82, 2.24) is 0 Å². The second-order valence-electron chi connectivity index (χ2n) is 4.54. The van der Waals surface area contributed by atoms with Gasteiger partial charge in [0.05, 0.1) is 0 Å². The SMILES string of the molecule is C=CC(=O)Nc1ccc(Oc2ccc(NC(=O)C=C)cc2)cc1. The van der Waals surface area contributed by atoms with E-state index in [0.717, 1.165) is 0 Å². The lowest BCUT2D eigenvalue weighted by molar-refractivity contribution is -0.112. The maximum Gasteiger partial charge on any atom is 0.247 e. The molecule has 23 heavy (non-hydrogen) atoms. The molecule has 2 aromatic carbocycles. The van der Waals surface area contributed by atoms with Gasteiger partial charge in [-0.25, -0.2) is 0 Å². The number of anilines is 2. The molecular formula is C18H16N2O3. The Morgan fingerprint density at radius 2 is 1.09 bits per heavy atom. The van der Waals surface area contributed by atoms with Crippen LogP contribution in [0.25, 0.3) is 0 Å². The number of hydrogen-bond acceptors (Lipinski definition) is 3. The predicted octanol–water partition coefficient (Wildman–Crippen LogP) is 3.73. The van der Waals surface area contributed by atoms with Crippen molar-refractivity contribution < 1.29 is 14.3 Å². The van der Waals surface area contributed by atoms with E-state index in [1.165, 1.54) is 12.2 Å². The summed E-state index contributed by atoms with van der Waals surface area (Å²) in [7, 11) is 0. The summed E-state index contributed by atoms with van der Waals surface area (Å²) in [4.78, 5) is 22.4. The van der Waals surface area contributed by atoms with Crippen molar-refractivity contribution in [3.05, 3.63) is 73.8 Å². The summed E-state index contributed by atoms with van der Waals surface area (Å²) in [6.07, 6.45) is 2.41. The predicted molar refractivity (Wildman–Crippen MR) is 90.6 cm³/mol. The Morgan fingerprint density at radius 3 is 1.39 bits per heavy atom. The highest BCUT2D eigenvalue weighted by molar-refractivity contribution is 5.99. The highest BCUT2D eigenvalue weighted by atomic mass is 16.5. The van der Waals surface area contributed by atoms with Gasteiger partial charge in [-0.15, -0.1) is 0 Å². The van der Waals surface area contributed by atoms with Gasteiger partial charge in [-0.3, -0.25) is 9.59 Å². The molecule has 0 heterocycles. The Kier molecular flexibility index (Phi) is 5.30. The van der Waals surface area contributed by atoms with Gasteiger partial charge >= 0.3 is 0 Å². The second kappa shape index (κ2) is 7.61. The molecule has 0 atom stereocenters. The Balaban J connectivity index is 1.99. The zero-order valence-corrected chi connectivity index (χ0v) is 12.4. The summed E-state index contributed by atoms with van der Waals surface area (Å²) in [5.74, 6) is 0.723. The molecule has 0 unspecified atom stereocenters. The van der Waals surface area contributed by atoms with E-state index in [-0.39, 0.29) is 11.8 Å². The lowest BCUT2D eigenvalue weighted by Crippen LogP contribution is -2.07. The molecule has 0 aromatic heterocycles. The first-order chi connectivity index (χ1) is 11.1. The first kappa shape index (κ1) is 16.0. The maximum absolute atomic E-state index is 11.2. The first-order valence-corrected chi connectivity index (χ1v) is 6.85. The van der Waals surface area contributed by atoms with E-state index in [9.17, 15) is 9.59 Å². The van der Waals surface area contributed by atoms with Crippen LogP contribution in [0, 0.1) is 0 Å². The summed E-state index contributed by atoms with van der Waals surface area (Å²) < 4.78 is 5.69. The summed E-state index contributed by atoms with van der Waals surface area (Å²) in [5.41, 5.74) is 1.31. The molecule has 5 nitrogen and oxygen atoms in total. The molecule has 0 bridgehead atoms. The number of benzene rings is 2. The highest BCUT2D eigenvalue weighted by Crippen LogP contribution is 2.24. The van der Waals surface area contributed by atoms with Gasteiger partial charge in [0.15, 0.2) is 0 Å². The molecule has 2 rings (SSSR count). The fourth-order valence-electron chi connectivity index (χ4n) is 1.74. The van der Waals surface area contributed by atoms with Crippen LogP contribution in [0.1, 0.15) is 0 Å². The van der Waals surface area contributed by atoms with Crippen LogP contribution in [0.4, 0.5) is 11.4 Å². The molecular weight excluding hydrogens is 292 g/mol. The standard InChI is InChI=1S/C18H16N2O3/c1-3-17(21)19-13-5-9-15(10-6-13)23-16-11-7-14(8-12-16)20-18(22)4-2/h3-12H,1-2H2,(H,19,21)(H,20,22). The van der Waals surface area contributed by atoms with Crippen molar-refractivity contribution in [3.8, 4) is 11.5 Å². The number of amides is 2. The molecule has 116 valence electrons. The molecule has 2 amide bonds. The van der Waals surface area contributed by atoms with Crippen molar-refractivity contribution in [1.29, 1.82) is 0 Å².